The summed E-state index contributed by atoms with van der Waals surface area (Å²) in [7, 11) is 0. The van der Waals surface area contributed by atoms with Gasteiger partial charge in [0.05, 0.1) is 23.3 Å². The van der Waals surface area contributed by atoms with Crippen LogP contribution in [0.5, 0.6) is 5.75 Å². The lowest BCUT2D eigenvalue weighted by atomic mass is 10.3. The van der Waals surface area contributed by atoms with Crippen molar-refractivity contribution in [3.63, 3.8) is 0 Å². The van der Waals surface area contributed by atoms with Gasteiger partial charge >= 0.3 is 0 Å². The van der Waals surface area contributed by atoms with E-state index in [4.69, 9.17) is 4.74 Å². The Morgan fingerprint density at radius 3 is 2.66 bits per heavy atom. The Labute approximate surface area is 170 Å². The summed E-state index contributed by atoms with van der Waals surface area (Å²) < 4.78 is 7.90. The minimum Gasteiger partial charge on any atom is -0.492 e. The molecule has 0 fully saturated rings. The predicted octanol–water partition coefficient (Wildman–Crippen LogP) is 2.86. The van der Waals surface area contributed by atoms with Gasteiger partial charge in [-0.2, -0.15) is 5.10 Å². The first-order chi connectivity index (χ1) is 14.2. The average molecular weight is 406 g/mol. The molecule has 0 atom stereocenters. The third-order valence-corrected chi connectivity index (χ3v) is 5.19. The number of nitrogens with zero attached hydrogens (tertiary/aromatic N) is 3. The molecule has 146 valence electrons. The van der Waals surface area contributed by atoms with Crippen LogP contribution < -0.4 is 15.6 Å². The lowest BCUT2D eigenvalue weighted by molar-refractivity contribution is 0.0943. The van der Waals surface area contributed by atoms with E-state index in [0.29, 0.717) is 12.3 Å². The Hall–Kier alpha value is -3.52. The summed E-state index contributed by atoms with van der Waals surface area (Å²) in [5, 5.41) is 7.77. The number of ether oxygens (including phenoxy) is 1. The third kappa shape index (κ3) is 4.67. The molecule has 0 bridgehead atoms. The first kappa shape index (κ1) is 18.8. The molecule has 7 nitrogen and oxygen atoms in total. The number of rotatable bonds is 7. The highest BCUT2D eigenvalue weighted by atomic mass is 32.1. The maximum absolute atomic E-state index is 12.4. The van der Waals surface area contributed by atoms with Crippen molar-refractivity contribution in [1.82, 2.24) is 20.1 Å². The number of aromatic nitrogens is 3. The second kappa shape index (κ2) is 8.66. The van der Waals surface area contributed by atoms with E-state index < -0.39 is 0 Å². The van der Waals surface area contributed by atoms with E-state index in [2.05, 4.69) is 15.4 Å². The Morgan fingerprint density at radius 2 is 1.83 bits per heavy atom. The normalized spacial score (nSPS) is 10.8. The van der Waals surface area contributed by atoms with Crippen molar-refractivity contribution in [1.29, 1.82) is 0 Å². The van der Waals surface area contributed by atoms with Crippen LogP contribution in [0.3, 0.4) is 0 Å². The smallest absolute Gasteiger partial charge is 0.272 e. The Morgan fingerprint density at radius 1 is 1.03 bits per heavy atom. The molecule has 4 rings (SSSR count). The third-order valence-electron chi connectivity index (χ3n) is 4.15. The summed E-state index contributed by atoms with van der Waals surface area (Å²) in [4.78, 5) is 29.0. The number of para-hydroxylation sites is 2. The number of carbonyl (C=O) groups is 1. The first-order valence-corrected chi connectivity index (χ1v) is 9.89. The number of nitrogens with one attached hydrogen (secondary N) is 1. The molecular formula is C21H18N4O3S. The molecule has 29 heavy (non-hydrogen) atoms. The molecule has 0 spiro atoms. The standard InChI is InChI=1S/C21H18N4O3S/c26-20-11-10-17(24-25(20)12-13-28-15-6-2-1-3-7-15)21(27)22-14-19-23-16-8-4-5-9-18(16)29-19/h1-11H,12-14H2,(H,22,27). The molecule has 0 aliphatic heterocycles. The van der Waals surface area contributed by atoms with Crippen molar-refractivity contribution in [3.05, 3.63) is 87.8 Å². The van der Waals surface area contributed by atoms with Crippen LogP contribution in [0, 0.1) is 0 Å². The summed E-state index contributed by atoms with van der Waals surface area (Å²) in [6.45, 7) is 0.816. The fraction of sp³-hybridized carbons (Fsp3) is 0.143. The lowest BCUT2D eigenvalue weighted by Gasteiger charge is -2.09. The molecule has 0 radical (unpaired) electrons. The predicted molar refractivity (Wildman–Crippen MR) is 111 cm³/mol. The van der Waals surface area contributed by atoms with Crippen LogP contribution in [-0.2, 0) is 13.1 Å². The second-order valence-corrected chi connectivity index (χ2v) is 7.31. The fourth-order valence-electron chi connectivity index (χ4n) is 2.74. The van der Waals surface area contributed by atoms with Gasteiger partial charge in [0.15, 0.2) is 0 Å². The zero-order chi connectivity index (χ0) is 20.1. The number of hydrogen-bond acceptors (Lipinski definition) is 6. The molecule has 0 aliphatic carbocycles. The van der Waals surface area contributed by atoms with Gasteiger partial charge in [-0.3, -0.25) is 9.59 Å². The zero-order valence-electron chi connectivity index (χ0n) is 15.4. The van der Waals surface area contributed by atoms with E-state index in [9.17, 15) is 9.59 Å². The van der Waals surface area contributed by atoms with Gasteiger partial charge < -0.3 is 10.1 Å². The monoisotopic (exact) mass is 406 g/mol. The maximum Gasteiger partial charge on any atom is 0.272 e. The van der Waals surface area contributed by atoms with Crippen molar-refractivity contribution in [2.75, 3.05) is 6.61 Å². The van der Waals surface area contributed by atoms with Gasteiger partial charge in [-0.1, -0.05) is 30.3 Å². The average Bonchev–Trinajstić information content (AvgIpc) is 3.17. The van der Waals surface area contributed by atoms with E-state index in [-0.39, 0.29) is 30.3 Å². The van der Waals surface area contributed by atoms with Crippen molar-refractivity contribution in [3.8, 4) is 5.75 Å². The van der Waals surface area contributed by atoms with Gasteiger partial charge in [0.1, 0.15) is 23.1 Å². The van der Waals surface area contributed by atoms with Gasteiger partial charge in [0.2, 0.25) is 0 Å². The summed E-state index contributed by atoms with van der Waals surface area (Å²) in [5.41, 5.74) is 0.793. The van der Waals surface area contributed by atoms with Crippen LogP contribution in [0.1, 0.15) is 15.5 Å². The highest BCUT2D eigenvalue weighted by Gasteiger charge is 2.11. The van der Waals surface area contributed by atoms with Crippen LogP contribution in [0.15, 0.2) is 71.5 Å². The molecule has 1 N–H and O–H groups in total. The van der Waals surface area contributed by atoms with E-state index in [1.165, 1.54) is 28.2 Å². The highest BCUT2D eigenvalue weighted by Crippen LogP contribution is 2.21. The van der Waals surface area contributed by atoms with Gasteiger partial charge in [0.25, 0.3) is 11.5 Å². The number of benzene rings is 2. The van der Waals surface area contributed by atoms with E-state index >= 15 is 0 Å². The quantitative estimate of drug-likeness (QED) is 0.510. The number of carbonyl (C=O) groups excluding carboxylic acids is 1. The van der Waals surface area contributed by atoms with Crippen molar-refractivity contribution >= 4 is 27.5 Å². The summed E-state index contributed by atoms with van der Waals surface area (Å²) >= 11 is 1.53. The molecule has 0 saturated heterocycles. The molecule has 2 aromatic carbocycles. The van der Waals surface area contributed by atoms with Gasteiger partial charge in [-0.25, -0.2) is 9.67 Å². The van der Waals surface area contributed by atoms with Crippen molar-refractivity contribution in [2.45, 2.75) is 13.1 Å². The lowest BCUT2D eigenvalue weighted by Crippen LogP contribution is -2.30. The van der Waals surface area contributed by atoms with E-state index in [1.807, 2.05) is 54.6 Å². The van der Waals surface area contributed by atoms with E-state index in [0.717, 1.165) is 15.2 Å². The molecule has 2 heterocycles. The topological polar surface area (TPSA) is 86.1 Å². The Balaban J connectivity index is 1.38. The van der Waals surface area contributed by atoms with Crippen LogP contribution in [0.25, 0.3) is 10.2 Å². The SMILES string of the molecule is O=C(NCc1nc2ccccc2s1)c1ccc(=O)n(CCOc2ccccc2)n1. The van der Waals surface area contributed by atoms with Crippen LogP contribution >= 0.6 is 11.3 Å². The van der Waals surface area contributed by atoms with Gasteiger partial charge in [-0.15, -0.1) is 11.3 Å². The number of fused-ring (bicyclic) bond motifs is 1. The van der Waals surface area contributed by atoms with Crippen LogP contribution in [0.4, 0.5) is 0 Å². The Kier molecular flexibility index (Phi) is 5.62. The van der Waals surface area contributed by atoms with Crippen LogP contribution in [0.2, 0.25) is 0 Å². The van der Waals surface area contributed by atoms with Crippen molar-refractivity contribution in [2.24, 2.45) is 0 Å². The molecule has 8 heteroatoms. The summed E-state index contributed by atoms with van der Waals surface area (Å²) in [5.74, 6) is 0.354. The number of thiazole rings is 1. The number of amides is 1. The van der Waals surface area contributed by atoms with Gasteiger partial charge in [0, 0.05) is 6.07 Å². The molecule has 1 amide bonds. The molecule has 4 aromatic rings. The highest BCUT2D eigenvalue weighted by molar-refractivity contribution is 7.18. The molecule has 0 saturated carbocycles. The second-order valence-electron chi connectivity index (χ2n) is 6.20. The minimum absolute atomic E-state index is 0.172. The van der Waals surface area contributed by atoms with Gasteiger partial charge in [-0.05, 0) is 30.3 Å². The summed E-state index contributed by atoms with van der Waals surface area (Å²) in [6, 6.07) is 19.9. The van der Waals surface area contributed by atoms with Crippen molar-refractivity contribution < 1.29 is 9.53 Å². The summed E-state index contributed by atoms with van der Waals surface area (Å²) in [6.07, 6.45) is 0. The fourth-order valence-corrected chi connectivity index (χ4v) is 3.65. The molecule has 2 aromatic heterocycles. The van der Waals surface area contributed by atoms with E-state index in [1.54, 1.807) is 0 Å². The molecule has 0 aliphatic rings. The van der Waals surface area contributed by atoms with Crippen LogP contribution in [-0.4, -0.2) is 27.3 Å². The maximum atomic E-state index is 12.4. The molecule has 0 unspecified atom stereocenters. The minimum atomic E-state index is -0.359. The number of hydrogen-bond donors (Lipinski definition) is 1. The largest absolute Gasteiger partial charge is 0.492 e. The first-order valence-electron chi connectivity index (χ1n) is 9.08. The zero-order valence-corrected chi connectivity index (χ0v) is 16.3. The Bertz CT molecular complexity index is 1150. The molecular weight excluding hydrogens is 388 g/mol.